The summed E-state index contributed by atoms with van der Waals surface area (Å²) < 4.78 is 8.49. The number of rotatable bonds is 6. The first-order chi connectivity index (χ1) is 9.15. The molecule has 0 atom stereocenters. The van der Waals surface area contributed by atoms with Crippen molar-refractivity contribution in [3.63, 3.8) is 0 Å². The topological polar surface area (TPSA) is 58.0 Å². The number of aromatic nitrogens is 2. The van der Waals surface area contributed by atoms with Crippen LogP contribution in [0.3, 0.4) is 0 Å². The number of nitrogens with zero attached hydrogens (tertiary/aromatic N) is 2. The lowest BCUT2D eigenvalue weighted by Gasteiger charge is -2.30. The van der Waals surface area contributed by atoms with Crippen LogP contribution in [0, 0.1) is 5.41 Å². The minimum absolute atomic E-state index is 0.116. The minimum atomic E-state index is -0.116. The van der Waals surface area contributed by atoms with E-state index in [-0.39, 0.29) is 12.0 Å². The zero-order valence-corrected chi connectivity index (χ0v) is 12.7. The van der Waals surface area contributed by atoms with Gasteiger partial charge in [0.25, 0.3) is 0 Å². The predicted molar refractivity (Wildman–Crippen MR) is 81.0 cm³/mol. The molecule has 0 aliphatic carbocycles. The van der Waals surface area contributed by atoms with E-state index in [0.29, 0.717) is 11.6 Å². The van der Waals surface area contributed by atoms with Crippen molar-refractivity contribution >= 4 is 40.0 Å². The standard InChI is InChI=1S/C13H18ClN3OS/c1-3-13(4-2,8-18)7-15-11-9(14)5-6-10-12(11)17-19-16-10/h5-6,15,18H,3-4,7-8H2,1-2H3. The van der Waals surface area contributed by atoms with Crippen molar-refractivity contribution in [1.29, 1.82) is 0 Å². The number of nitrogens with one attached hydrogen (secondary N) is 1. The highest BCUT2D eigenvalue weighted by molar-refractivity contribution is 7.00. The Bertz CT molecular complexity index is 546. The van der Waals surface area contributed by atoms with Gasteiger partial charge in [0, 0.05) is 12.0 Å². The molecule has 0 spiro atoms. The summed E-state index contributed by atoms with van der Waals surface area (Å²) in [7, 11) is 0. The number of anilines is 1. The molecule has 0 aliphatic heterocycles. The Hall–Kier alpha value is -0.910. The van der Waals surface area contributed by atoms with Gasteiger partial charge in [0.05, 0.1) is 29.0 Å². The number of hydrogen-bond donors (Lipinski definition) is 2. The van der Waals surface area contributed by atoms with Gasteiger partial charge in [-0.3, -0.25) is 0 Å². The molecule has 104 valence electrons. The summed E-state index contributed by atoms with van der Waals surface area (Å²) in [6.07, 6.45) is 1.83. The Morgan fingerprint density at radius 1 is 1.32 bits per heavy atom. The van der Waals surface area contributed by atoms with Gasteiger partial charge < -0.3 is 10.4 Å². The Labute approximate surface area is 122 Å². The van der Waals surface area contributed by atoms with Crippen molar-refractivity contribution in [1.82, 2.24) is 8.75 Å². The number of halogens is 1. The maximum atomic E-state index is 9.60. The monoisotopic (exact) mass is 299 g/mol. The first-order valence-corrected chi connectivity index (χ1v) is 7.52. The van der Waals surface area contributed by atoms with E-state index in [0.717, 1.165) is 29.6 Å². The van der Waals surface area contributed by atoms with Crippen LogP contribution in [0.15, 0.2) is 12.1 Å². The van der Waals surface area contributed by atoms with E-state index >= 15 is 0 Å². The number of benzene rings is 1. The maximum absolute atomic E-state index is 9.60. The van der Waals surface area contributed by atoms with E-state index in [1.807, 2.05) is 12.1 Å². The third-order valence-corrected chi connectivity index (χ3v) is 4.71. The van der Waals surface area contributed by atoms with Gasteiger partial charge in [0.2, 0.25) is 0 Å². The average molecular weight is 300 g/mol. The summed E-state index contributed by atoms with van der Waals surface area (Å²) in [5, 5.41) is 13.6. The van der Waals surface area contributed by atoms with E-state index in [1.54, 1.807) is 0 Å². The van der Waals surface area contributed by atoms with Gasteiger partial charge >= 0.3 is 0 Å². The molecule has 4 nitrogen and oxygen atoms in total. The molecule has 1 heterocycles. The smallest absolute Gasteiger partial charge is 0.129 e. The highest BCUT2D eigenvalue weighted by Crippen LogP contribution is 2.32. The fraction of sp³-hybridized carbons (Fsp3) is 0.538. The van der Waals surface area contributed by atoms with Crippen LogP contribution < -0.4 is 5.32 Å². The molecule has 2 aromatic rings. The van der Waals surface area contributed by atoms with Crippen LogP contribution in [0.25, 0.3) is 11.0 Å². The normalized spacial score (nSPS) is 12.0. The highest BCUT2D eigenvalue weighted by Gasteiger charge is 2.25. The Kier molecular flexibility index (Phi) is 4.60. The second-order valence-corrected chi connectivity index (χ2v) is 5.71. The van der Waals surface area contributed by atoms with Crippen molar-refractivity contribution in [2.24, 2.45) is 5.41 Å². The molecule has 2 N–H and O–H groups in total. The van der Waals surface area contributed by atoms with Crippen LogP contribution in [0.4, 0.5) is 5.69 Å². The number of aliphatic hydroxyl groups excluding tert-OH is 1. The Balaban J connectivity index is 2.26. The van der Waals surface area contributed by atoms with E-state index in [2.05, 4.69) is 27.9 Å². The molecule has 0 fully saturated rings. The first-order valence-electron chi connectivity index (χ1n) is 6.41. The molecule has 0 saturated heterocycles. The predicted octanol–water partition coefficient (Wildman–Crippen LogP) is 3.56. The first kappa shape index (κ1) is 14.5. The van der Waals surface area contributed by atoms with Gasteiger partial charge in [-0.15, -0.1) is 0 Å². The average Bonchev–Trinajstić information content (AvgIpc) is 2.91. The zero-order valence-electron chi connectivity index (χ0n) is 11.1. The van der Waals surface area contributed by atoms with Crippen molar-refractivity contribution in [2.45, 2.75) is 26.7 Å². The summed E-state index contributed by atoms with van der Waals surface area (Å²) in [5.41, 5.74) is 2.35. The van der Waals surface area contributed by atoms with Crippen LogP contribution in [0.2, 0.25) is 5.02 Å². The second kappa shape index (κ2) is 6.03. The fourth-order valence-electron chi connectivity index (χ4n) is 2.05. The summed E-state index contributed by atoms with van der Waals surface area (Å²) >= 11 is 7.41. The largest absolute Gasteiger partial charge is 0.396 e. The molecule has 2 rings (SSSR count). The second-order valence-electron chi connectivity index (χ2n) is 4.77. The van der Waals surface area contributed by atoms with Gasteiger partial charge in [-0.25, -0.2) is 0 Å². The SMILES string of the molecule is CCC(CC)(CO)CNc1c(Cl)ccc2nsnc12. The van der Waals surface area contributed by atoms with Gasteiger partial charge in [0.15, 0.2) is 0 Å². The number of hydrogen-bond acceptors (Lipinski definition) is 5. The fourth-order valence-corrected chi connectivity index (χ4v) is 2.81. The molecule has 19 heavy (non-hydrogen) atoms. The molecular formula is C13H18ClN3OS. The van der Waals surface area contributed by atoms with Crippen molar-refractivity contribution in [3.05, 3.63) is 17.2 Å². The third-order valence-electron chi connectivity index (χ3n) is 3.85. The van der Waals surface area contributed by atoms with E-state index in [1.165, 1.54) is 11.7 Å². The van der Waals surface area contributed by atoms with Gasteiger partial charge in [-0.1, -0.05) is 25.4 Å². The van der Waals surface area contributed by atoms with E-state index < -0.39 is 0 Å². The van der Waals surface area contributed by atoms with E-state index in [4.69, 9.17) is 11.6 Å². The Morgan fingerprint density at radius 2 is 2.05 bits per heavy atom. The molecule has 0 unspecified atom stereocenters. The summed E-state index contributed by atoms with van der Waals surface area (Å²) in [5.74, 6) is 0. The summed E-state index contributed by atoms with van der Waals surface area (Å²) in [6.45, 7) is 5.02. The molecule has 6 heteroatoms. The van der Waals surface area contributed by atoms with E-state index in [9.17, 15) is 5.11 Å². The van der Waals surface area contributed by atoms with Crippen molar-refractivity contribution in [2.75, 3.05) is 18.5 Å². The summed E-state index contributed by atoms with van der Waals surface area (Å²) in [4.78, 5) is 0. The minimum Gasteiger partial charge on any atom is -0.396 e. The molecular weight excluding hydrogens is 282 g/mol. The van der Waals surface area contributed by atoms with Crippen LogP contribution in [-0.4, -0.2) is 27.0 Å². The lowest BCUT2D eigenvalue weighted by Crippen LogP contribution is -2.32. The van der Waals surface area contributed by atoms with Crippen LogP contribution in [-0.2, 0) is 0 Å². The maximum Gasteiger partial charge on any atom is 0.129 e. The van der Waals surface area contributed by atoms with Gasteiger partial charge in [-0.05, 0) is 25.0 Å². The van der Waals surface area contributed by atoms with Gasteiger partial charge in [0.1, 0.15) is 11.0 Å². The lowest BCUT2D eigenvalue weighted by atomic mass is 9.83. The molecule has 0 radical (unpaired) electrons. The molecule has 1 aromatic heterocycles. The number of aliphatic hydroxyl groups is 1. The lowest BCUT2D eigenvalue weighted by molar-refractivity contribution is 0.127. The molecule has 0 aliphatic rings. The molecule has 0 bridgehead atoms. The zero-order chi connectivity index (χ0) is 13.9. The third kappa shape index (κ3) is 2.83. The van der Waals surface area contributed by atoms with Gasteiger partial charge in [-0.2, -0.15) is 8.75 Å². The molecule has 1 aromatic carbocycles. The molecule has 0 saturated carbocycles. The van der Waals surface area contributed by atoms with Crippen molar-refractivity contribution < 1.29 is 5.11 Å². The Morgan fingerprint density at radius 3 is 2.68 bits per heavy atom. The number of fused-ring (bicyclic) bond motifs is 1. The highest BCUT2D eigenvalue weighted by atomic mass is 35.5. The van der Waals surface area contributed by atoms with Crippen LogP contribution >= 0.6 is 23.3 Å². The molecule has 0 amide bonds. The van der Waals surface area contributed by atoms with Crippen LogP contribution in [0.5, 0.6) is 0 Å². The quantitative estimate of drug-likeness (QED) is 0.856. The summed E-state index contributed by atoms with van der Waals surface area (Å²) in [6, 6.07) is 3.69. The van der Waals surface area contributed by atoms with Crippen molar-refractivity contribution in [3.8, 4) is 0 Å². The van der Waals surface area contributed by atoms with Crippen LogP contribution in [0.1, 0.15) is 26.7 Å².